The minimum Gasteiger partial charge on any atom is -0.387 e. The molecule has 1 aromatic carbocycles. The molecule has 4 nitrogen and oxygen atoms in total. The molecule has 0 aliphatic rings. The summed E-state index contributed by atoms with van der Waals surface area (Å²) in [6.45, 7) is 0.888. The molecule has 0 saturated carbocycles. The molecule has 88 valence electrons. The molecule has 0 radical (unpaired) electrons. The van der Waals surface area contributed by atoms with Gasteiger partial charge in [0.1, 0.15) is 6.61 Å². The van der Waals surface area contributed by atoms with Gasteiger partial charge in [0.25, 0.3) is 5.91 Å². The van der Waals surface area contributed by atoms with Gasteiger partial charge in [0.15, 0.2) is 0 Å². The minimum absolute atomic E-state index is 0.270. The predicted octanol–water partition coefficient (Wildman–Crippen LogP) is 0.573. The van der Waals surface area contributed by atoms with Gasteiger partial charge in [0, 0.05) is 18.8 Å². The van der Waals surface area contributed by atoms with Crippen LogP contribution in [0, 0.1) is 0 Å². The van der Waals surface area contributed by atoms with Gasteiger partial charge in [-0.1, -0.05) is 18.2 Å². The van der Waals surface area contributed by atoms with E-state index in [0.29, 0.717) is 6.54 Å². The molecule has 0 atom stereocenters. The lowest BCUT2D eigenvalue weighted by Gasteiger charge is -2.23. The first kappa shape index (κ1) is 12.7. The molecular formula is C12H18N2O2. The SMILES string of the molecule is CN(C)CCN(C(=O)CO)c1ccccc1. The number of aliphatic hydroxyl groups excluding tert-OH is 1. The molecule has 4 heteroatoms. The second-order valence-corrected chi connectivity index (χ2v) is 3.84. The first-order valence-electron chi connectivity index (χ1n) is 5.26. The highest BCUT2D eigenvalue weighted by Gasteiger charge is 2.13. The zero-order chi connectivity index (χ0) is 12.0. The van der Waals surface area contributed by atoms with Crippen LogP contribution in [-0.4, -0.2) is 49.7 Å². The Kier molecular flexibility index (Phi) is 4.95. The van der Waals surface area contributed by atoms with Crippen LogP contribution >= 0.6 is 0 Å². The Morgan fingerprint density at radius 1 is 1.19 bits per heavy atom. The Balaban J connectivity index is 2.76. The van der Waals surface area contributed by atoms with Gasteiger partial charge in [0.2, 0.25) is 0 Å². The Morgan fingerprint density at radius 2 is 1.81 bits per heavy atom. The van der Waals surface area contributed by atoms with E-state index in [9.17, 15) is 4.79 Å². The summed E-state index contributed by atoms with van der Waals surface area (Å²) in [7, 11) is 3.90. The molecule has 0 aliphatic heterocycles. The van der Waals surface area contributed by atoms with E-state index in [4.69, 9.17) is 5.11 Å². The van der Waals surface area contributed by atoms with Crippen molar-refractivity contribution >= 4 is 11.6 Å². The maximum Gasteiger partial charge on any atom is 0.252 e. The first-order chi connectivity index (χ1) is 7.65. The Hall–Kier alpha value is -1.39. The fraction of sp³-hybridized carbons (Fsp3) is 0.417. The lowest BCUT2D eigenvalue weighted by Crippen LogP contribution is -2.38. The number of para-hydroxylation sites is 1. The number of nitrogens with zero attached hydrogens (tertiary/aromatic N) is 2. The van der Waals surface area contributed by atoms with Gasteiger partial charge in [-0.05, 0) is 26.2 Å². The summed E-state index contributed by atoms with van der Waals surface area (Å²) in [6, 6.07) is 9.38. The first-order valence-corrected chi connectivity index (χ1v) is 5.26. The van der Waals surface area contributed by atoms with Crippen LogP contribution < -0.4 is 4.90 Å². The molecule has 0 spiro atoms. The predicted molar refractivity (Wildman–Crippen MR) is 64.4 cm³/mol. The Labute approximate surface area is 96.1 Å². The number of aliphatic hydroxyl groups is 1. The number of rotatable bonds is 5. The third-order valence-electron chi connectivity index (χ3n) is 2.28. The third kappa shape index (κ3) is 3.64. The van der Waals surface area contributed by atoms with E-state index < -0.39 is 6.61 Å². The Morgan fingerprint density at radius 3 is 2.31 bits per heavy atom. The van der Waals surface area contributed by atoms with E-state index in [1.165, 1.54) is 0 Å². The molecule has 1 aromatic rings. The third-order valence-corrected chi connectivity index (χ3v) is 2.28. The van der Waals surface area contributed by atoms with Crippen molar-refractivity contribution < 1.29 is 9.90 Å². The van der Waals surface area contributed by atoms with Crippen molar-refractivity contribution in [1.82, 2.24) is 4.90 Å². The highest BCUT2D eigenvalue weighted by molar-refractivity contribution is 5.94. The topological polar surface area (TPSA) is 43.8 Å². The van der Waals surface area contributed by atoms with Crippen molar-refractivity contribution in [3.8, 4) is 0 Å². The van der Waals surface area contributed by atoms with Crippen LogP contribution in [0.5, 0.6) is 0 Å². The minimum atomic E-state index is -0.456. The molecule has 0 heterocycles. The maximum atomic E-state index is 11.6. The number of amides is 1. The summed E-state index contributed by atoms with van der Waals surface area (Å²) in [5.74, 6) is -0.270. The summed E-state index contributed by atoms with van der Waals surface area (Å²) >= 11 is 0. The lowest BCUT2D eigenvalue weighted by molar-refractivity contribution is -0.121. The van der Waals surface area contributed by atoms with Crippen molar-refractivity contribution in [1.29, 1.82) is 0 Å². The van der Waals surface area contributed by atoms with Crippen molar-refractivity contribution in [2.24, 2.45) is 0 Å². The van der Waals surface area contributed by atoms with Crippen molar-refractivity contribution in [3.05, 3.63) is 30.3 Å². The smallest absolute Gasteiger partial charge is 0.252 e. The van der Waals surface area contributed by atoms with Crippen LogP contribution in [0.3, 0.4) is 0 Å². The average molecular weight is 222 g/mol. The summed E-state index contributed by atoms with van der Waals surface area (Å²) in [5.41, 5.74) is 0.823. The number of carbonyl (C=O) groups is 1. The fourth-order valence-electron chi connectivity index (χ4n) is 1.39. The molecule has 0 aliphatic carbocycles. The van der Waals surface area contributed by atoms with E-state index >= 15 is 0 Å². The van der Waals surface area contributed by atoms with E-state index in [-0.39, 0.29) is 5.91 Å². The number of hydrogen-bond donors (Lipinski definition) is 1. The number of benzene rings is 1. The summed E-state index contributed by atoms with van der Waals surface area (Å²) < 4.78 is 0. The molecule has 0 bridgehead atoms. The van der Waals surface area contributed by atoms with Gasteiger partial charge >= 0.3 is 0 Å². The molecule has 0 unspecified atom stereocenters. The van der Waals surface area contributed by atoms with E-state index in [1.54, 1.807) is 4.90 Å². The molecule has 16 heavy (non-hydrogen) atoms. The van der Waals surface area contributed by atoms with Crippen LogP contribution in [-0.2, 0) is 4.79 Å². The van der Waals surface area contributed by atoms with Gasteiger partial charge in [-0.25, -0.2) is 0 Å². The molecule has 1 N–H and O–H groups in total. The van der Waals surface area contributed by atoms with Gasteiger partial charge in [-0.15, -0.1) is 0 Å². The number of carbonyl (C=O) groups excluding carboxylic acids is 1. The van der Waals surface area contributed by atoms with Gasteiger partial charge in [-0.3, -0.25) is 4.79 Å². The molecule has 0 aromatic heterocycles. The fourth-order valence-corrected chi connectivity index (χ4v) is 1.39. The van der Waals surface area contributed by atoms with Crippen molar-refractivity contribution in [2.75, 3.05) is 38.7 Å². The second-order valence-electron chi connectivity index (χ2n) is 3.84. The summed E-state index contributed by atoms with van der Waals surface area (Å²) in [4.78, 5) is 15.2. The lowest BCUT2D eigenvalue weighted by atomic mass is 10.3. The van der Waals surface area contributed by atoms with E-state index in [1.807, 2.05) is 49.3 Å². The van der Waals surface area contributed by atoms with Gasteiger partial charge in [0.05, 0.1) is 0 Å². The molecule has 1 rings (SSSR count). The standard InChI is InChI=1S/C12H18N2O2/c1-13(2)8-9-14(12(16)10-15)11-6-4-3-5-7-11/h3-7,15H,8-10H2,1-2H3. The van der Waals surface area contributed by atoms with Gasteiger partial charge < -0.3 is 14.9 Å². The van der Waals surface area contributed by atoms with E-state index in [2.05, 4.69) is 0 Å². The van der Waals surface area contributed by atoms with E-state index in [0.717, 1.165) is 12.2 Å². The second kappa shape index (κ2) is 6.25. The summed E-state index contributed by atoms with van der Waals surface area (Å²) in [5, 5.41) is 8.93. The maximum absolute atomic E-state index is 11.6. The summed E-state index contributed by atoms with van der Waals surface area (Å²) in [6.07, 6.45) is 0. The zero-order valence-corrected chi connectivity index (χ0v) is 9.76. The van der Waals surface area contributed by atoms with Crippen LogP contribution in [0.1, 0.15) is 0 Å². The quantitative estimate of drug-likeness (QED) is 0.792. The highest BCUT2D eigenvalue weighted by atomic mass is 16.3. The van der Waals surface area contributed by atoms with Crippen LogP contribution in [0.2, 0.25) is 0 Å². The largest absolute Gasteiger partial charge is 0.387 e. The number of hydrogen-bond acceptors (Lipinski definition) is 3. The highest BCUT2D eigenvalue weighted by Crippen LogP contribution is 2.12. The monoisotopic (exact) mass is 222 g/mol. The molecular weight excluding hydrogens is 204 g/mol. The van der Waals surface area contributed by atoms with Gasteiger partial charge in [-0.2, -0.15) is 0 Å². The number of anilines is 1. The van der Waals surface area contributed by atoms with Crippen LogP contribution in [0.15, 0.2) is 30.3 Å². The average Bonchev–Trinajstić information content (AvgIpc) is 2.30. The normalized spacial score (nSPS) is 10.5. The zero-order valence-electron chi connectivity index (χ0n) is 9.76. The Bertz CT molecular complexity index is 325. The van der Waals surface area contributed by atoms with Crippen molar-refractivity contribution in [2.45, 2.75) is 0 Å². The molecule has 0 saturated heterocycles. The van der Waals surface area contributed by atoms with Crippen molar-refractivity contribution in [3.63, 3.8) is 0 Å². The molecule has 0 fully saturated rings. The van der Waals surface area contributed by atoms with Crippen LogP contribution in [0.4, 0.5) is 5.69 Å². The number of likely N-dealkylation sites (N-methyl/N-ethyl adjacent to an activating group) is 1. The van der Waals surface area contributed by atoms with Crippen LogP contribution in [0.25, 0.3) is 0 Å². The molecule has 1 amide bonds.